The van der Waals surface area contributed by atoms with Crippen LogP contribution in [0.2, 0.25) is 0 Å². The minimum Gasteiger partial charge on any atom is -0.307 e. The summed E-state index contributed by atoms with van der Waals surface area (Å²) in [5, 5.41) is 2.86. The molecule has 0 atom stereocenters. The zero-order chi connectivity index (χ0) is 12.4. The number of anilines is 2. The number of amides is 2. The van der Waals surface area contributed by atoms with E-state index >= 15 is 0 Å². The molecule has 0 saturated heterocycles. The molecule has 0 saturated carbocycles. The molecule has 0 bridgehead atoms. The normalized spacial score (nSPS) is 13.2. The minimum absolute atomic E-state index is 0.0950. The largest absolute Gasteiger partial charge is 0.326 e. The predicted octanol–water partition coefficient (Wildman–Crippen LogP) is 3.08. The first kappa shape index (κ1) is 10.8. The average molecular weight is 237 g/mol. The fourth-order valence-corrected chi connectivity index (χ4v) is 2.20. The van der Waals surface area contributed by atoms with Gasteiger partial charge in [-0.3, -0.25) is 4.90 Å². The summed E-state index contributed by atoms with van der Waals surface area (Å²) in [6.45, 7) is 0.734. The minimum atomic E-state index is -0.0950. The van der Waals surface area contributed by atoms with E-state index in [2.05, 4.69) is 17.4 Å². The number of nitrogens with one attached hydrogen (secondary N) is 1. The van der Waals surface area contributed by atoms with E-state index in [0.717, 1.165) is 18.7 Å². The third-order valence-corrected chi connectivity index (χ3v) is 3.08. The molecule has 0 spiro atoms. The Balaban J connectivity index is 1.79. The second kappa shape index (κ2) is 4.53. The van der Waals surface area contributed by atoms with Crippen molar-refractivity contribution in [2.45, 2.75) is 6.42 Å². The highest BCUT2D eigenvalue weighted by Crippen LogP contribution is 2.27. The molecular weight excluding hydrogens is 224 g/mol. The quantitative estimate of drug-likeness (QED) is 0.812. The third-order valence-electron chi connectivity index (χ3n) is 3.08. The van der Waals surface area contributed by atoms with Gasteiger partial charge in [-0.2, -0.15) is 0 Å². The maximum atomic E-state index is 12.2. The summed E-state index contributed by atoms with van der Waals surface area (Å²) in [6.07, 6.45) is 0.919. The van der Waals surface area contributed by atoms with Crippen molar-refractivity contribution in [1.82, 2.24) is 0 Å². The lowest BCUT2D eigenvalue weighted by Gasteiger charge is -2.17. The van der Waals surface area contributed by atoms with Gasteiger partial charge in [0.1, 0.15) is 0 Å². The summed E-state index contributed by atoms with van der Waals surface area (Å²) in [4.78, 5) is 13.9. The summed E-state index contributed by atoms with van der Waals surface area (Å²) in [5.74, 6) is 0. The number of carbonyl (C=O) groups excluding carboxylic acids is 1. The van der Waals surface area contributed by atoms with Crippen molar-refractivity contribution < 1.29 is 4.79 Å². The lowest BCUT2D eigenvalue weighted by Crippen LogP contribution is -2.33. The highest BCUT2D eigenvalue weighted by molar-refractivity contribution is 6.03. The predicted molar refractivity (Wildman–Crippen MR) is 71.8 cm³/mol. The Hall–Kier alpha value is -2.29. The van der Waals surface area contributed by atoms with E-state index in [4.69, 9.17) is 0 Å². The van der Waals surface area contributed by atoms with E-state index in [9.17, 15) is 4.79 Å². The number of para-hydroxylation sites is 2. The summed E-state index contributed by atoms with van der Waals surface area (Å²) in [5.41, 5.74) is 2.93. The average Bonchev–Trinajstić information content (AvgIpc) is 2.84. The van der Waals surface area contributed by atoms with Crippen molar-refractivity contribution >= 4 is 17.4 Å². The number of hydrogen-bond acceptors (Lipinski definition) is 1. The van der Waals surface area contributed by atoms with Crippen LogP contribution in [0.4, 0.5) is 16.2 Å². The maximum Gasteiger partial charge on any atom is 0.326 e. The van der Waals surface area contributed by atoms with Crippen LogP contribution >= 0.6 is 0 Å². The van der Waals surface area contributed by atoms with Gasteiger partial charge in [0, 0.05) is 18.3 Å². The number of nitrogens with zero attached hydrogens (tertiary/aromatic N) is 1. The molecule has 1 heterocycles. The standard InChI is InChI=1S/C15H13N2O/c18-15(16-13-7-2-1-3-8-13)17-11-10-12-6-4-5-9-14(12)17/h1-7,9H,10-11H2,(H,16,18). The lowest BCUT2D eigenvalue weighted by atomic mass is 10.2. The molecule has 1 aliphatic rings. The Kier molecular flexibility index (Phi) is 2.73. The van der Waals surface area contributed by atoms with Crippen LogP contribution in [-0.4, -0.2) is 12.6 Å². The molecule has 2 amide bonds. The number of benzene rings is 2. The number of urea groups is 1. The molecular formula is C15H13N2O. The maximum absolute atomic E-state index is 12.2. The molecule has 2 aromatic carbocycles. The molecule has 89 valence electrons. The zero-order valence-electron chi connectivity index (χ0n) is 9.89. The first-order chi connectivity index (χ1) is 8.84. The molecule has 3 rings (SSSR count). The molecule has 0 fully saturated rings. The van der Waals surface area contributed by atoms with Crippen LogP contribution in [0.15, 0.2) is 48.5 Å². The van der Waals surface area contributed by atoms with Crippen molar-refractivity contribution in [1.29, 1.82) is 0 Å². The van der Waals surface area contributed by atoms with Crippen molar-refractivity contribution in [3.05, 3.63) is 60.2 Å². The Bertz CT molecular complexity index is 566. The summed E-state index contributed by atoms with van der Waals surface area (Å²) in [7, 11) is 0. The van der Waals surface area contributed by atoms with Crippen LogP contribution in [0.25, 0.3) is 0 Å². The molecule has 2 aromatic rings. The van der Waals surface area contributed by atoms with Crippen LogP contribution < -0.4 is 10.2 Å². The molecule has 18 heavy (non-hydrogen) atoms. The van der Waals surface area contributed by atoms with E-state index in [1.807, 2.05) is 36.4 Å². The molecule has 0 aliphatic carbocycles. The highest BCUT2D eigenvalue weighted by Gasteiger charge is 2.23. The van der Waals surface area contributed by atoms with Gasteiger partial charge in [0.2, 0.25) is 0 Å². The highest BCUT2D eigenvalue weighted by atomic mass is 16.2. The molecule has 0 aromatic heterocycles. The van der Waals surface area contributed by atoms with Gasteiger partial charge >= 0.3 is 6.03 Å². The van der Waals surface area contributed by atoms with Crippen LogP contribution in [-0.2, 0) is 6.42 Å². The summed E-state index contributed by atoms with van der Waals surface area (Å²) < 4.78 is 0. The smallest absolute Gasteiger partial charge is 0.307 e. The zero-order valence-corrected chi connectivity index (χ0v) is 9.89. The van der Waals surface area contributed by atoms with Crippen LogP contribution in [0, 0.1) is 6.07 Å². The Morgan fingerprint density at radius 3 is 2.83 bits per heavy atom. The van der Waals surface area contributed by atoms with Gasteiger partial charge in [0.25, 0.3) is 0 Å². The summed E-state index contributed by atoms with van der Waals surface area (Å²) in [6, 6.07) is 18.3. The molecule has 3 heteroatoms. The van der Waals surface area contributed by atoms with Crippen molar-refractivity contribution in [3.63, 3.8) is 0 Å². The lowest BCUT2D eigenvalue weighted by molar-refractivity contribution is 0.257. The van der Waals surface area contributed by atoms with E-state index in [1.54, 1.807) is 11.0 Å². The van der Waals surface area contributed by atoms with Gasteiger partial charge in [-0.25, -0.2) is 4.79 Å². The topological polar surface area (TPSA) is 32.3 Å². The first-order valence-electron chi connectivity index (χ1n) is 5.98. The Labute approximate surface area is 106 Å². The monoisotopic (exact) mass is 237 g/mol. The van der Waals surface area contributed by atoms with E-state index < -0.39 is 0 Å². The van der Waals surface area contributed by atoms with E-state index in [1.165, 1.54) is 5.56 Å². The van der Waals surface area contributed by atoms with Crippen molar-refractivity contribution in [2.75, 3.05) is 16.8 Å². The molecule has 0 unspecified atom stereocenters. The van der Waals surface area contributed by atoms with Crippen LogP contribution in [0.1, 0.15) is 5.56 Å². The van der Waals surface area contributed by atoms with Gasteiger partial charge in [-0.1, -0.05) is 36.4 Å². The number of hydrogen-bond donors (Lipinski definition) is 1. The molecule has 1 aliphatic heterocycles. The SMILES string of the molecule is O=C(Nc1[c]cccc1)N1CCc2ccccc21. The Morgan fingerprint density at radius 2 is 2.00 bits per heavy atom. The molecule has 1 N–H and O–H groups in total. The van der Waals surface area contributed by atoms with Crippen molar-refractivity contribution in [2.24, 2.45) is 0 Å². The van der Waals surface area contributed by atoms with Gasteiger partial charge in [-0.15, -0.1) is 0 Å². The third kappa shape index (κ3) is 1.95. The van der Waals surface area contributed by atoms with Gasteiger partial charge in [0.05, 0.1) is 5.69 Å². The summed E-state index contributed by atoms with van der Waals surface area (Å²) >= 11 is 0. The number of rotatable bonds is 1. The Morgan fingerprint density at radius 1 is 1.17 bits per heavy atom. The van der Waals surface area contributed by atoms with Crippen LogP contribution in [0.5, 0.6) is 0 Å². The first-order valence-corrected chi connectivity index (χ1v) is 5.98. The molecule has 3 nitrogen and oxygen atoms in total. The van der Waals surface area contributed by atoms with Gasteiger partial charge in [-0.05, 0) is 24.1 Å². The van der Waals surface area contributed by atoms with Gasteiger partial charge < -0.3 is 5.32 Å². The molecule has 1 radical (unpaired) electrons. The van der Waals surface area contributed by atoms with Gasteiger partial charge in [0.15, 0.2) is 0 Å². The fourth-order valence-electron chi connectivity index (χ4n) is 2.20. The second-order valence-electron chi connectivity index (χ2n) is 4.24. The van der Waals surface area contributed by atoms with Crippen molar-refractivity contribution in [3.8, 4) is 0 Å². The van der Waals surface area contributed by atoms with Crippen LogP contribution in [0.3, 0.4) is 0 Å². The number of fused-ring (bicyclic) bond motifs is 1. The van der Waals surface area contributed by atoms with E-state index in [-0.39, 0.29) is 6.03 Å². The number of carbonyl (C=O) groups is 1. The second-order valence-corrected chi connectivity index (χ2v) is 4.24. The fraction of sp³-hybridized carbons (Fsp3) is 0.133. The van der Waals surface area contributed by atoms with E-state index in [0.29, 0.717) is 5.69 Å².